The highest BCUT2D eigenvalue weighted by molar-refractivity contribution is 5.67. The van der Waals surface area contributed by atoms with E-state index in [4.69, 9.17) is 10.5 Å². The Morgan fingerprint density at radius 3 is 2.48 bits per heavy atom. The quantitative estimate of drug-likeness (QED) is 0.638. The molecule has 0 bridgehead atoms. The van der Waals surface area contributed by atoms with Gasteiger partial charge in [0.2, 0.25) is 0 Å². The second-order valence-electron chi connectivity index (χ2n) is 6.54. The van der Waals surface area contributed by atoms with Crippen LogP contribution in [0.15, 0.2) is 18.2 Å². The maximum absolute atomic E-state index is 14.1. The average Bonchev–Trinajstić information content (AvgIpc) is 2.43. The van der Waals surface area contributed by atoms with Gasteiger partial charge in [0.15, 0.2) is 0 Å². The molecule has 23 heavy (non-hydrogen) atoms. The third-order valence-electron chi connectivity index (χ3n) is 3.28. The van der Waals surface area contributed by atoms with Crippen LogP contribution in [0.25, 0.3) is 0 Å². The maximum atomic E-state index is 14.1. The van der Waals surface area contributed by atoms with Gasteiger partial charge < -0.3 is 15.8 Å². The van der Waals surface area contributed by atoms with Crippen LogP contribution in [0.3, 0.4) is 0 Å². The van der Waals surface area contributed by atoms with E-state index < -0.39 is 27.8 Å². The summed E-state index contributed by atoms with van der Waals surface area (Å²) in [5.74, 6) is -0.616. The summed E-state index contributed by atoms with van der Waals surface area (Å²) in [6.45, 7) is 6.74. The maximum Gasteiger partial charge on any atom is 0.407 e. The number of nitrogens with two attached hydrogens (primary N) is 1. The molecule has 1 aromatic rings. The molecule has 0 spiro atoms. The van der Waals surface area contributed by atoms with E-state index in [1.165, 1.54) is 0 Å². The zero-order chi connectivity index (χ0) is 17.8. The van der Waals surface area contributed by atoms with Gasteiger partial charge in [0.05, 0.1) is 4.92 Å². The van der Waals surface area contributed by atoms with Crippen LogP contribution in [0.2, 0.25) is 0 Å². The second kappa shape index (κ2) is 6.91. The van der Waals surface area contributed by atoms with Gasteiger partial charge in [-0.15, -0.1) is 0 Å². The van der Waals surface area contributed by atoms with Crippen LogP contribution in [0.5, 0.6) is 0 Å². The third-order valence-corrected chi connectivity index (χ3v) is 3.28. The lowest BCUT2D eigenvalue weighted by atomic mass is 9.82. The molecule has 128 valence electrons. The van der Waals surface area contributed by atoms with Crippen molar-refractivity contribution in [2.24, 2.45) is 5.73 Å². The Hall–Kier alpha value is -2.22. The van der Waals surface area contributed by atoms with Crippen molar-refractivity contribution in [3.8, 4) is 0 Å². The molecule has 1 aromatic carbocycles. The molecular formula is C15H22FN3O4. The standard InChI is InChI=1S/C15H22FN3O4/c1-14(2,3)23-13(20)18-9-15(4,8-17)11-7-10(19(21)22)5-6-12(11)16/h5-7H,8-9,17H2,1-4H3,(H,18,20). The molecule has 0 fully saturated rings. The van der Waals surface area contributed by atoms with Crippen molar-refractivity contribution in [1.29, 1.82) is 0 Å². The number of nitro groups is 1. The van der Waals surface area contributed by atoms with Crippen molar-refractivity contribution in [2.45, 2.75) is 38.7 Å². The van der Waals surface area contributed by atoms with E-state index in [1.807, 2.05) is 0 Å². The summed E-state index contributed by atoms with van der Waals surface area (Å²) < 4.78 is 19.2. The van der Waals surface area contributed by atoms with E-state index in [0.717, 1.165) is 18.2 Å². The smallest absolute Gasteiger partial charge is 0.407 e. The van der Waals surface area contributed by atoms with Crippen LogP contribution in [0.1, 0.15) is 33.3 Å². The van der Waals surface area contributed by atoms with Crippen LogP contribution in [-0.4, -0.2) is 29.7 Å². The number of carbonyl (C=O) groups is 1. The first kappa shape index (κ1) is 18.8. The first-order valence-corrected chi connectivity index (χ1v) is 7.10. The number of non-ortho nitro benzene ring substituents is 1. The predicted molar refractivity (Wildman–Crippen MR) is 83.7 cm³/mol. The Balaban J connectivity index is 2.99. The van der Waals surface area contributed by atoms with Crippen molar-refractivity contribution < 1.29 is 18.8 Å². The Morgan fingerprint density at radius 1 is 1.39 bits per heavy atom. The fraction of sp³-hybridized carbons (Fsp3) is 0.533. The summed E-state index contributed by atoms with van der Waals surface area (Å²) in [6.07, 6.45) is -0.664. The van der Waals surface area contributed by atoms with Gasteiger partial charge in [0.25, 0.3) is 5.69 Å². The van der Waals surface area contributed by atoms with E-state index >= 15 is 0 Å². The number of halogens is 1. The van der Waals surface area contributed by atoms with Crippen molar-refractivity contribution in [3.63, 3.8) is 0 Å². The van der Waals surface area contributed by atoms with E-state index in [0.29, 0.717) is 0 Å². The highest BCUT2D eigenvalue weighted by Crippen LogP contribution is 2.28. The Kier molecular flexibility index (Phi) is 5.65. The molecule has 1 amide bonds. The molecule has 0 aliphatic rings. The number of ether oxygens (including phenoxy) is 1. The van der Waals surface area contributed by atoms with E-state index in [-0.39, 0.29) is 24.3 Å². The second-order valence-corrected chi connectivity index (χ2v) is 6.54. The molecule has 1 rings (SSSR count). The van der Waals surface area contributed by atoms with Crippen molar-refractivity contribution in [2.75, 3.05) is 13.1 Å². The molecule has 1 unspecified atom stereocenters. The lowest BCUT2D eigenvalue weighted by Crippen LogP contribution is -2.45. The van der Waals surface area contributed by atoms with Gasteiger partial charge in [-0.05, 0) is 26.8 Å². The number of nitrogens with zero attached hydrogens (tertiary/aromatic N) is 1. The summed E-state index contributed by atoms with van der Waals surface area (Å²) in [5.41, 5.74) is 3.88. The van der Waals surface area contributed by atoms with Crippen LogP contribution in [0.4, 0.5) is 14.9 Å². The van der Waals surface area contributed by atoms with Crippen molar-refractivity contribution in [3.05, 3.63) is 39.7 Å². The van der Waals surface area contributed by atoms with Gasteiger partial charge in [0, 0.05) is 36.2 Å². The number of benzene rings is 1. The normalized spacial score (nSPS) is 14.0. The van der Waals surface area contributed by atoms with Crippen LogP contribution >= 0.6 is 0 Å². The minimum atomic E-state index is -1.01. The first-order chi connectivity index (χ1) is 10.5. The van der Waals surface area contributed by atoms with Crippen LogP contribution < -0.4 is 11.1 Å². The molecule has 0 radical (unpaired) electrons. The topological polar surface area (TPSA) is 107 Å². The molecule has 1 atom stereocenters. The lowest BCUT2D eigenvalue weighted by molar-refractivity contribution is -0.385. The van der Waals surface area contributed by atoms with E-state index in [9.17, 15) is 19.3 Å². The zero-order valence-corrected chi connectivity index (χ0v) is 13.7. The van der Waals surface area contributed by atoms with Crippen LogP contribution in [-0.2, 0) is 10.2 Å². The van der Waals surface area contributed by atoms with Crippen molar-refractivity contribution in [1.82, 2.24) is 5.32 Å². The van der Waals surface area contributed by atoms with E-state index in [2.05, 4.69) is 5.32 Å². The minimum absolute atomic E-state index is 0.0130. The number of nitrogens with one attached hydrogen (secondary N) is 1. The summed E-state index contributed by atoms with van der Waals surface area (Å²) in [5, 5.41) is 13.4. The number of hydrogen-bond acceptors (Lipinski definition) is 5. The molecule has 0 heterocycles. The number of nitro benzene ring substituents is 1. The molecule has 8 heteroatoms. The summed E-state index contributed by atoms with van der Waals surface area (Å²) in [4.78, 5) is 22.0. The zero-order valence-electron chi connectivity index (χ0n) is 13.7. The first-order valence-electron chi connectivity index (χ1n) is 7.10. The summed E-state index contributed by atoms with van der Waals surface area (Å²) >= 11 is 0. The monoisotopic (exact) mass is 327 g/mol. The fourth-order valence-electron chi connectivity index (χ4n) is 1.95. The SMILES string of the molecule is CC(C)(C)OC(=O)NCC(C)(CN)c1cc([N+](=O)[O-])ccc1F. The van der Waals surface area contributed by atoms with Gasteiger partial charge in [-0.25, -0.2) is 9.18 Å². The Labute approximate surface area is 134 Å². The summed E-state index contributed by atoms with van der Waals surface area (Å²) in [7, 11) is 0. The van der Waals surface area contributed by atoms with Gasteiger partial charge in [-0.2, -0.15) is 0 Å². The average molecular weight is 327 g/mol. The highest BCUT2D eigenvalue weighted by atomic mass is 19.1. The number of amides is 1. The Morgan fingerprint density at radius 2 is 2.00 bits per heavy atom. The highest BCUT2D eigenvalue weighted by Gasteiger charge is 2.31. The molecule has 0 saturated heterocycles. The number of hydrogen-bond donors (Lipinski definition) is 2. The van der Waals surface area contributed by atoms with Gasteiger partial charge in [-0.3, -0.25) is 10.1 Å². The van der Waals surface area contributed by atoms with Crippen LogP contribution in [0, 0.1) is 15.9 Å². The number of rotatable bonds is 5. The minimum Gasteiger partial charge on any atom is -0.444 e. The lowest BCUT2D eigenvalue weighted by Gasteiger charge is -2.29. The Bertz CT molecular complexity index is 601. The molecule has 7 nitrogen and oxygen atoms in total. The fourth-order valence-corrected chi connectivity index (χ4v) is 1.95. The van der Waals surface area contributed by atoms with Gasteiger partial charge in [-0.1, -0.05) is 6.92 Å². The molecular weight excluding hydrogens is 305 g/mol. The molecule has 0 aliphatic heterocycles. The third kappa shape index (κ3) is 5.17. The largest absolute Gasteiger partial charge is 0.444 e. The predicted octanol–water partition coefficient (Wildman–Crippen LogP) is 2.48. The number of carbonyl (C=O) groups excluding carboxylic acids is 1. The van der Waals surface area contributed by atoms with Gasteiger partial charge >= 0.3 is 6.09 Å². The van der Waals surface area contributed by atoms with Gasteiger partial charge in [0.1, 0.15) is 11.4 Å². The molecule has 0 saturated carbocycles. The van der Waals surface area contributed by atoms with Crippen molar-refractivity contribution >= 4 is 11.8 Å². The van der Waals surface area contributed by atoms with E-state index in [1.54, 1.807) is 27.7 Å². The number of alkyl carbamates (subject to hydrolysis) is 1. The molecule has 0 aromatic heterocycles. The molecule has 0 aliphatic carbocycles. The molecule has 3 N–H and O–H groups in total. The summed E-state index contributed by atoms with van der Waals surface area (Å²) in [6, 6.07) is 3.24.